The predicted molar refractivity (Wildman–Crippen MR) is 49.3 cm³/mol. The summed E-state index contributed by atoms with van der Waals surface area (Å²) in [5, 5.41) is -7.24. The smallest absolute Gasteiger partial charge is 0.743 e. The summed E-state index contributed by atoms with van der Waals surface area (Å²) in [4.78, 5) is 0. The van der Waals surface area contributed by atoms with Crippen molar-refractivity contribution in [2.45, 2.75) is 48.7 Å². The molecular formula is C8H7F10KO3S. The molecule has 0 heterocycles. The van der Waals surface area contributed by atoms with Crippen LogP contribution in [0, 0.1) is 0 Å². The second-order valence-corrected chi connectivity index (χ2v) is 5.57. The molecule has 134 valence electrons. The van der Waals surface area contributed by atoms with E-state index in [1.54, 1.807) is 0 Å². The summed E-state index contributed by atoms with van der Waals surface area (Å²) in [5.74, 6) is -28.0. The van der Waals surface area contributed by atoms with Gasteiger partial charge in [0.1, 0.15) is 0 Å². The predicted octanol–water partition coefficient (Wildman–Crippen LogP) is 0.470. The van der Waals surface area contributed by atoms with Crippen LogP contribution < -0.4 is 51.4 Å². The van der Waals surface area contributed by atoms with Crippen molar-refractivity contribution < 1.29 is 108 Å². The van der Waals surface area contributed by atoms with E-state index in [2.05, 4.69) is 0 Å². The molecule has 0 rings (SSSR count). The van der Waals surface area contributed by atoms with Crippen LogP contribution in [0.2, 0.25) is 0 Å². The van der Waals surface area contributed by atoms with E-state index < -0.39 is 51.9 Å². The Balaban J connectivity index is 0. The number of hydrogen-bond acceptors (Lipinski definition) is 3. The maximum absolute atomic E-state index is 13.0. The summed E-state index contributed by atoms with van der Waals surface area (Å²) >= 11 is 0. The molecule has 3 nitrogen and oxygen atoms in total. The van der Waals surface area contributed by atoms with Crippen molar-refractivity contribution in [1.82, 2.24) is 0 Å². The van der Waals surface area contributed by atoms with Crippen LogP contribution in [0.1, 0.15) is 19.8 Å². The van der Waals surface area contributed by atoms with Crippen molar-refractivity contribution in [3.63, 3.8) is 0 Å². The molecule has 0 amide bonds. The maximum atomic E-state index is 13.0. The molecule has 0 fully saturated rings. The minimum absolute atomic E-state index is 0. The van der Waals surface area contributed by atoms with Gasteiger partial charge >= 0.3 is 80.3 Å². The van der Waals surface area contributed by atoms with Gasteiger partial charge in [-0.1, -0.05) is 13.3 Å². The quantitative estimate of drug-likeness (QED) is 0.347. The SMILES string of the molecule is CCCC(F)(F)C(F)(F)C(F)(F)C(F)(F)C(F)(F)S(=O)(=O)[O-].[K+]. The average Bonchev–Trinajstić information content (AvgIpc) is 2.26. The van der Waals surface area contributed by atoms with Gasteiger partial charge in [0, 0.05) is 6.42 Å². The molecular weight excluding hydrogens is 405 g/mol. The zero-order valence-electron chi connectivity index (χ0n) is 11.3. The van der Waals surface area contributed by atoms with Crippen LogP contribution in [0.3, 0.4) is 0 Å². The summed E-state index contributed by atoms with van der Waals surface area (Å²) in [6.07, 6.45) is -3.00. The van der Waals surface area contributed by atoms with E-state index in [4.69, 9.17) is 0 Å². The van der Waals surface area contributed by atoms with Gasteiger partial charge in [-0.2, -0.15) is 43.9 Å². The fraction of sp³-hybridized carbons (Fsp3) is 1.00. The normalized spacial score (nSPS) is 15.3. The number of halogens is 10. The number of hydrogen-bond donors (Lipinski definition) is 0. The molecule has 0 aliphatic rings. The molecule has 0 radical (unpaired) electrons. The first-order valence-corrected chi connectivity index (χ1v) is 6.56. The van der Waals surface area contributed by atoms with Crippen molar-refractivity contribution in [2.75, 3.05) is 0 Å². The summed E-state index contributed by atoms with van der Waals surface area (Å²) in [6.45, 7) is 0.775. The fourth-order valence-electron chi connectivity index (χ4n) is 1.24. The second-order valence-electron chi connectivity index (χ2n) is 4.15. The van der Waals surface area contributed by atoms with Gasteiger partial charge in [-0.15, -0.1) is 0 Å². The first-order valence-electron chi connectivity index (χ1n) is 5.15. The van der Waals surface area contributed by atoms with Crippen molar-refractivity contribution >= 4 is 10.1 Å². The van der Waals surface area contributed by atoms with Gasteiger partial charge in [0.25, 0.3) is 0 Å². The Hall–Kier alpha value is 0.846. The molecule has 23 heavy (non-hydrogen) atoms. The molecule has 0 aromatic heterocycles. The van der Waals surface area contributed by atoms with Crippen LogP contribution in [-0.2, 0) is 10.1 Å². The topological polar surface area (TPSA) is 57.2 Å². The molecule has 0 spiro atoms. The van der Waals surface area contributed by atoms with Gasteiger partial charge in [0.05, 0.1) is 0 Å². The van der Waals surface area contributed by atoms with E-state index in [0.717, 1.165) is 6.92 Å². The third-order valence-corrected chi connectivity index (χ3v) is 3.38. The molecule has 0 aromatic carbocycles. The Bertz CT molecular complexity index is 518. The largest absolute Gasteiger partial charge is 1.00 e. The molecule has 0 atom stereocenters. The molecule has 0 aliphatic heterocycles. The second kappa shape index (κ2) is 7.23. The average molecular weight is 412 g/mol. The van der Waals surface area contributed by atoms with Crippen LogP contribution in [0.25, 0.3) is 0 Å². The minimum atomic E-state index is -7.58. The van der Waals surface area contributed by atoms with Crippen molar-refractivity contribution in [1.29, 1.82) is 0 Å². The molecule has 0 N–H and O–H groups in total. The van der Waals surface area contributed by atoms with E-state index in [0.29, 0.717) is 0 Å². The van der Waals surface area contributed by atoms with E-state index in [-0.39, 0.29) is 51.4 Å². The Morgan fingerprint density at radius 3 is 1.39 bits per heavy atom. The third-order valence-electron chi connectivity index (χ3n) is 2.49. The van der Waals surface area contributed by atoms with Gasteiger partial charge in [0.2, 0.25) is 0 Å². The van der Waals surface area contributed by atoms with Crippen LogP contribution >= 0.6 is 0 Å². The molecule has 0 aliphatic carbocycles. The Kier molecular flexibility index (Phi) is 8.19. The van der Waals surface area contributed by atoms with E-state index in [1.165, 1.54) is 0 Å². The van der Waals surface area contributed by atoms with Crippen molar-refractivity contribution in [3.8, 4) is 0 Å². The van der Waals surface area contributed by atoms with Gasteiger partial charge in [-0.05, 0) is 0 Å². The van der Waals surface area contributed by atoms with E-state index >= 15 is 0 Å². The Labute approximate surface area is 166 Å². The molecule has 0 aromatic rings. The first-order chi connectivity index (χ1) is 9.31. The zero-order chi connectivity index (χ0) is 18.4. The Morgan fingerprint density at radius 2 is 1.13 bits per heavy atom. The summed E-state index contributed by atoms with van der Waals surface area (Å²) < 4.78 is 158. The fourth-order valence-corrected chi connectivity index (χ4v) is 1.68. The van der Waals surface area contributed by atoms with Crippen LogP contribution in [-0.4, -0.2) is 41.9 Å². The molecule has 0 saturated carbocycles. The van der Waals surface area contributed by atoms with Crippen LogP contribution in [0.5, 0.6) is 0 Å². The van der Waals surface area contributed by atoms with Gasteiger partial charge in [-0.25, -0.2) is 8.42 Å². The van der Waals surface area contributed by atoms with Crippen LogP contribution in [0.4, 0.5) is 43.9 Å². The van der Waals surface area contributed by atoms with Crippen molar-refractivity contribution in [2.24, 2.45) is 0 Å². The summed E-state index contributed by atoms with van der Waals surface area (Å²) in [6, 6.07) is 0. The van der Waals surface area contributed by atoms with Crippen molar-refractivity contribution in [3.05, 3.63) is 0 Å². The van der Waals surface area contributed by atoms with E-state index in [9.17, 15) is 56.9 Å². The summed E-state index contributed by atoms with van der Waals surface area (Å²) in [7, 11) is -7.55. The standard InChI is InChI=1S/C8H8F10O3S.K/c1-2-3-4(9,10)5(11,12)6(13,14)7(15,16)8(17,18)22(19,20)21;/h2-3H2,1H3,(H,19,20,21);/q;+1/p-1. The summed E-state index contributed by atoms with van der Waals surface area (Å²) in [5.41, 5.74) is 0. The first kappa shape index (κ1) is 26.1. The molecule has 0 unspecified atom stereocenters. The van der Waals surface area contributed by atoms with E-state index in [1.807, 2.05) is 0 Å². The third kappa shape index (κ3) is 4.00. The maximum Gasteiger partial charge on any atom is 1.00 e. The van der Waals surface area contributed by atoms with Gasteiger partial charge in [-0.3, -0.25) is 0 Å². The minimum Gasteiger partial charge on any atom is -0.743 e. The van der Waals surface area contributed by atoms with Gasteiger partial charge in [0.15, 0.2) is 10.1 Å². The monoisotopic (exact) mass is 412 g/mol. The Morgan fingerprint density at radius 1 is 0.783 bits per heavy atom. The van der Waals surface area contributed by atoms with Gasteiger partial charge < -0.3 is 4.55 Å². The zero-order valence-corrected chi connectivity index (χ0v) is 15.3. The number of rotatable bonds is 7. The number of alkyl halides is 10. The molecule has 0 bridgehead atoms. The molecule has 0 saturated heterocycles. The molecule has 15 heteroatoms. The van der Waals surface area contributed by atoms with Crippen LogP contribution in [0.15, 0.2) is 0 Å².